The van der Waals surface area contributed by atoms with Crippen LogP contribution in [0.3, 0.4) is 0 Å². The fourth-order valence-corrected chi connectivity index (χ4v) is 1.05. The molecule has 0 unspecified atom stereocenters. The number of hydrogen-bond acceptors (Lipinski definition) is 5. The molecule has 2 rings (SSSR count). The smallest absolute Gasteiger partial charge is 0.232 e. The van der Waals surface area contributed by atoms with E-state index in [1.54, 1.807) is 25.6 Å². The van der Waals surface area contributed by atoms with Crippen molar-refractivity contribution >= 4 is 5.82 Å². The molecule has 72 valence electrons. The quantitative estimate of drug-likeness (QED) is 0.736. The van der Waals surface area contributed by atoms with E-state index < -0.39 is 0 Å². The molecule has 2 aromatic heterocycles. The molecule has 0 radical (unpaired) electrons. The summed E-state index contributed by atoms with van der Waals surface area (Å²) >= 11 is 0. The monoisotopic (exact) mass is 191 g/mol. The van der Waals surface area contributed by atoms with Gasteiger partial charge in [0.15, 0.2) is 11.6 Å². The van der Waals surface area contributed by atoms with Crippen LogP contribution in [0.4, 0.5) is 5.82 Å². The summed E-state index contributed by atoms with van der Waals surface area (Å²) in [5.74, 6) is 1.34. The molecule has 6 heteroatoms. The van der Waals surface area contributed by atoms with E-state index in [1.165, 1.54) is 10.9 Å². The number of methoxy groups -OCH3 is 1. The molecule has 0 aliphatic heterocycles. The van der Waals surface area contributed by atoms with Crippen molar-refractivity contribution in [2.24, 2.45) is 0 Å². The van der Waals surface area contributed by atoms with Crippen molar-refractivity contribution in [3.05, 3.63) is 24.7 Å². The second-order valence-corrected chi connectivity index (χ2v) is 2.57. The van der Waals surface area contributed by atoms with Gasteiger partial charge < -0.3 is 10.5 Å². The molecule has 0 amide bonds. The zero-order valence-corrected chi connectivity index (χ0v) is 7.58. The highest BCUT2D eigenvalue weighted by atomic mass is 16.5. The largest absolute Gasteiger partial charge is 0.480 e. The summed E-state index contributed by atoms with van der Waals surface area (Å²) in [7, 11) is 1.55. The highest BCUT2D eigenvalue weighted by Gasteiger charge is 2.05. The second-order valence-electron chi connectivity index (χ2n) is 2.57. The Balaban J connectivity index is 2.44. The number of nitrogens with zero attached hydrogens (tertiary/aromatic N) is 4. The molecule has 0 aliphatic rings. The molecule has 0 fully saturated rings. The Morgan fingerprint density at radius 3 is 2.79 bits per heavy atom. The van der Waals surface area contributed by atoms with Crippen molar-refractivity contribution in [3.63, 3.8) is 0 Å². The van der Waals surface area contributed by atoms with Crippen LogP contribution in [0.2, 0.25) is 0 Å². The lowest BCUT2D eigenvalue weighted by molar-refractivity contribution is 0.394. The SMILES string of the molecule is COc1ccn(-c2nccnc2N)n1. The van der Waals surface area contributed by atoms with Gasteiger partial charge in [-0.05, 0) is 0 Å². The molecule has 0 atom stereocenters. The van der Waals surface area contributed by atoms with Gasteiger partial charge >= 0.3 is 0 Å². The van der Waals surface area contributed by atoms with Gasteiger partial charge in [0.25, 0.3) is 0 Å². The number of ether oxygens (including phenoxy) is 1. The standard InChI is InChI=1S/C8H9N5O/c1-14-6-2-5-13(12-6)8-7(9)10-3-4-11-8/h2-5H,1H3,(H2,9,10). The highest BCUT2D eigenvalue weighted by Crippen LogP contribution is 2.12. The van der Waals surface area contributed by atoms with E-state index in [0.29, 0.717) is 17.5 Å². The zero-order valence-electron chi connectivity index (χ0n) is 7.58. The normalized spacial score (nSPS) is 10.1. The Labute approximate surface area is 80.4 Å². The summed E-state index contributed by atoms with van der Waals surface area (Å²) in [6.45, 7) is 0. The summed E-state index contributed by atoms with van der Waals surface area (Å²) in [5.41, 5.74) is 5.63. The Kier molecular flexibility index (Phi) is 2.02. The molecule has 0 saturated carbocycles. The first-order chi connectivity index (χ1) is 6.81. The summed E-state index contributed by atoms with van der Waals surface area (Å²) in [6.07, 6.45) is 4.79. The third-order valence-corrected chi connectivity index (χ3v) is 1.70. The van der Waals surface area contributed by atoms with Crippen LogP contribution in [0.25, 0.3) is 5.82 Å². The van der Waals surface area contributed by atoms with E-state index in [0.717, 1.165) is 0 Å². The number of hydrogen-bond donors (Lipinski definition) is 1. The molecule has 2 N–H and O–H groups in total. The minimum Gasteiger partial charge on any atom is -0.480 e. The summed E-state index contributed by atoms with van der Waals surface area (Å²) in [6, 6.07) is 1.72. The van der Waals surface area contributed by atoms with Crippen molar-refractivity contribution in [2.45, 2.75) is 0 Å². The Bertz CT molecular complexity index is 439. The molecule has 0 saturated heterocycles. The Hall–Kier alpha value is -2.11. The maximum atomic E-state index is 5.63. The van der Waals surface area contributed by atoms with Gasteiger partial charge in [0.05, 0.1) is 7.11 Å². The molecule has 2 heterocycles. The van der Waals surface area contributed by atoms with Crippen LogP contribution >= 0.6 is 0 Å². The van der Waals surface area contributed by atoms with Gasteiger partial charge in [-0.1, -0.05) is 0 Å². The third kappa shape index (κ3) is 1.37. The molecule has 0 aliphatic carbocycles. The van der Waals surface area contributed by atoms with Crippen molar-refractivity contribution in [3.8, 4) is 11.7 Å². The Morgan fingerprint density at radius 2 is 2.14 bits per heavy atom. The van der Waals surface area contributed by atoms with Crippen molar-refractivity contribution in [2.75, 3.05) is 12.8 Å². The fraction of sp³-hybridized carbons (Fsp3) is 0.125. The summed E-state index contributed by atoms with van der Waals surface area (Å²) in [4.78, 5) is 7.96. The third-order valence-electron chi connectivity index (χ3n) is 1.70. The number of anilines is 1. The lowest BCUT2D eigenvalue weighted by Crippen LogP contribution is -2.04. The van der Waals surface area contributed by atoms with Gasteiger partial charge in [0, 0.05) is 24.7 Å². The minimum atomic E-state index is 0.332. The van der Waals surface area contributed by atoms with Gasteiger partial charge in [-0.3, -0.25) is 0 Å². The van der Waals surface area contributed by atoms with Gasteiger partial charge in [0.1, 0.15) is 0 Å². The maximum Gasteiger partial charge on any atom is 0.232 e. The van der Waals surface area contributed by atoms with Crippen molar-refractivity contribution in [1.82, 2.24) is 19.7 Å². The molecule has 0 aromatic carbocycles. The minimum absolute atomic E-state index is 0.332. The fourth-order valence-electron chi connectivity index (χ4n) is 1.05. The first kappa shape index (κ1) is 8.49. The van der Waals surface area contributed by atoms with E-state index in [9.17, 15) is 0 Å². The van der Waals surface area contributed by atoms with Crippen LogP contribution < -0.4 is 10.5 Å². The number of aromatic nitrogens is 4. The van der Waals surface area contributed by atoms with Crippen LogP contribution in [-0.4, -0.2) is 26.9 Å². The van der Waals surface area contributed by atoms with E-state index in [2.05, 4.69) is 15.1 Å². The first-order valence-electron chi connectivity index (χ1n) is 3.98. The second kappa shape index (κ2) is 3.33. The molecule has 0 spiro atoms. The lowest BCUT2D eigenvalue weighted by atomic mass is 10.6. The van der Waals surface area contributed by atoms with Crippen LogP contribution in [0.15, 0.2) is 24.7 Å². The molecular formula is C8H9N5O. The molecule has 2 aromatic rings. The summed E-state index contributed by atoms with van der Waals surface area (Å²) < 4.78 is 6.45. The summed E-state index contributed by atoms with van der Waals surface area (Å²) in [5, 5.41) is 4.07. The molecular weight excluding hydrogens is 182 g/mol. The average molecular weight is 191 g/mol. The average Bonchev–Trinajstić information content (AvgIpc) is 2.67. The topological polar surface area (TPSA) is 78.8 Å². The first-order valence-corrected chi connectivity index (χ1v) is 3.98. The van der Waals surface area contributed by atoms with E-state index in [-0.39, 0.29) is 0 Å². The zero-order chi connectivity index (χ0) is 9.97. The molecule has 6 nitrogen and oxygen atoms in total. The Morgan fingerprint density at radius 1 is 1.36 bits per heavy atom. The highest BCUT2D eigenvalue weighted by molar-refractivity contribution is 5.45. The predicted octanol–water partition coefficient (Wildman–Crippen LogP) is 0.253. The van der Waals surface area contributed by atoms with Gasteiger partial charge in [0.2, 0.25) is 5.88 Å². The van der Waals surface area contributed by atoms with Gasteiger partial charge in [-0.25, -0.2) is 14.6 Å². The van der Waals surface area contributed by atoms with Crippen LogP contribution in [0, 0.1) is 0 Å². The lowest BCUT2D eigenvalue weighted by Gasteiger charge is -2.01. The van der Waals surface area contributed by atoms with Crippen LogP contribution in [-0.2, 0) is 0 Å². The number of nitrogen functional groups attached to an aromatic ring is 1. The van der Waals surface area contributed by atoms with E-state index in [4.69, 9.17) is 10.5 Å². The van der Waals surface area contributed by atoms with Crippen LogP contribution in [0.1, 0.15) is 0 Å². The van der Waals surface area contributed by atoms with Crippen molar-refractivity contribution in [1.29, 1.82) is 0 Å². The molecule has 0 bridgehead atoms. The van der Waals surface area contributed by atoms with Gasteiger partial charge in [-0.2, -0.15) is 0 Å². The van der Waals surface area contributed by atoms with Crippen LogP contribution in [0.5, 0.6) is 5.88 Å². The predicted molar refractivity (Wildman–Crippen MR) is 50.1 cm³/mol. The van der Waals surface area contributed by atoms with E-state index in [1.807, 2.05) is 0 Å². The van der Waals surface area contributed by atoms with E-state index >= 15 is 0 Å². The number of nitrogens with two attached hydrogens (primary N) is 1. The maximum absolute atomic E-state index is 5.63. The number of rotatable bonds is 2. The molecule has 14 heavy (non-hydrogen) atoms. The van der Waals surface area contributed by atoms with Gasteiger partial charge in [-0.15, -0.1) is 5.10 Å². The van der Waals surface area contributed by atoms with Crippen molar-refractivity contribution < 1.29 is 4.74 Å².